The minimum atomic E-state index is 0.158. The lowest BCUT2D eigenvalue weighted by Crippen LogP contribution is -2.12. The lowest BCUT2D eigenvalue weighted by molar-refractivity contribution is 0.226. The highest BCUT2D eigenvalue weighted by atomic mass is 35.5. The van der Waals surface area contributed by atoms with E-state index in [4.69, 9.17) is 27.9 Å². The third-order valence-electron chi connectivity index (χ3n) is 2.68. The molecular formula is C12H18Cl2N2O. The summed E-state index contributed by atoms with van der Waals surface area (Å²) in [5, 5.41) is 0.561. The zero-order valence-electron chi connectivity index (χ0n) is 10.2. The smallest absolute Gasteiger partial charge is 0.237 e. The van der Waals surface area contributed by atoms with Gasteiger partial charge in [0.25, 0.3) is 0 Å². The molecule has 3 nitrogen and oxygen atoms in total. The van der Waals surface area contributed by atoms with E-state index < -0.39 is 0 Å². The largest absolute Gasteiger partial charge is 0.476 e. The van der Waals surface area contributed by atoms with Crippen molar-refractivity contribution < 1.29 is 4.74 Å². The van der Waals surface area contributed by atoms with E-state index in [1.165, 1.54) is 25.5 Å². The maximum atomic E-state index is 5.92. The number of hydrogen-bond donors (Lipinski definition) is 0. The predicted octanol–water partition coefficient (Wildman–Crippen LogP) is 4.38. The summed E-state index contributed by atoms with van der Waals surface area (Å²) in [5.74, 6) is 0.918. The Morgan fingerprint density at radius 2 is 2.12 bits per heavy atom. The first-order valence-corrected chi connectivity index (χ1v) is 6.73. The Bertz CT molecular complexity index is 347. The van der Waals surface area contributed by atoms with Crippen LogP contribution in [0.1, 0.15) is 39.5 Å². The van der Waals surface area contributed by atoms with Crippen LogP contribution in [0.25, 0.3) is 0 Å². The average molecular weight is 277 g/mol. The van der Waals surface area contributed by atoms with E-state index >= 15 is 0 Å². The SMILES string of the molecule is CCCCC(CC)COc1nc(Cl)ncc1Cl. The van der Waals surface area contributed by atoms with Crippen molar-refractivity contribution in [3.8, 4) is 5.88 Å². The molecular weight excluding hydrogens is 259 g/mol. The van der Waals surface area contributed by atoms with Crippen LogP contribution in [0.5, 0.6) is 5.88 Å². The molecule has 0 saturated heterocycles. The second kappa shape index (κ2) is 7.72. The van der Waals surface area contributed by atoms with Crippen molar-refractivity contribution in [1.82, 2.24) is 9.97 Å². The Balaban J connectivity index is 2.50. The molecule has 0 aliphatic carbocycles. The molecule has 0 spiro atoms. The van der Waals surface area contributed by atoms with Gasteiger partial charge in [-0.25, -0.2) is 4.98 Å². The second-order valence-corrected chi connectivity index (χ2v) is 4.76. The van der Waals surface area contributed by atoms with Crippen LogP contribution in [-0.2, 0) is 0 Å². The number of ether oxygens (including phenoxy) is 1. The molecule has 1 aromatic rings. The summed E-state index contributed by atoms with van der Waals surface area (Å²) in [6, 6.07) is 0. The number of rotatable bonds is 7. The molecule has 0 bridgehead atoms. The van der Waals surface area contributed by atoms with E-state index in [9.17, 15) is 0 Å². The van der Waals surface area contributed by atoms with Gasteiger partial charge in [-0.3, -0.25) is 0 Å². The van der Waals surface area contributed by atoms with E-state index in [-0.39, 0.29) is 5.28 Å². The highest BCUT2D eigenvalue weighted by Gasteiger charge is 2.10. The number of halogens is 2. The molecule has 0 fully saturated rings. The van der Waals surface area contributed by atoms with Crippen LogP contribution < -0.4 is 4.74 Å². The Hall–Kier alpha value is -0.540. The molecule has 1 heterocycles. The van der Waals surface area contributed by atoms with Crippen molar-refractivity contribution in [3.05, 3.63) is 16.5 Å². The summed E-state index contributed by atoms with van der Waals surface area (Å²) in [5.41, 5.74) is 0. The van der Waals surface area contributed by atoms with Gasteiger partial charge in [-0.2, -0.15) is 4.98 Å². The fourth-order valence-corrected chi connectivity index (χ4v) is 1.80. The molecule has 1 aromatic heterocycles. The lowest BCUT2D eigenvalue weighted by atomic mass is 10.0. The van der Waals surface area contributed by atoms with Crippen LogP contribution in [0.15, 0.2) is 6.20 Å². The Morgan fingerprint density at radius 1 is 1.35 bits per heavy atom. The van der Waals surface area contributed by atoms with Crippen LogP contribution in [-0.4, -0.2) is 16.6 Å². The van der Waals surface area contributed by atoms with Gasteiger partial charge in [0.15, 0.2) is 0 Å². The molecule has 0 aromatic carbocycles. The molecule has 1 rings (SSSR count). The van der Waals surface area contributed by atoms with Crippen LogP contribution in [0.3, 0.4) is 0 Å². The molecule has 1 atom stereocenters. The van der Waals surface area contributed by atoms with Gasteiger partial charge in [0.05, 0.1) is 12.8 Å². The molecule has 0 saturated carbocycles. The molecule has 1 unspecified atom stereocenters. The van der Waals surface area contributed by atoms with E-state index in [1.54, 1.807) is 0 Å². The van der Waals surface area contributed by atoms with Crippen LogP contribution >= 0.6 is 23.2 Å². The number of nitrogens with zero attached hydrogens (tertiary/aromatic N) is 2. The highest BCUT2D eigenvalue weighted by Crippen LogP contribution is 2.23. The second-order valence-electron chi connectivity index (χ2n) is 4.02. The molecule has 17 heavy (non-hydrogen) atoms. The lowest BCUT2D eigenvalue weighted by Gasteiger charge is -2.15. The summed E-state index contributed by atoms with van der Waals surface area (Å²) in [7, 11) is 0. The minimum absolute atomic E-state index is 0.158. The number of aromatic nitrogens is 2. The van der Waals surface area contributed by atoms with Gasteiger partial charge in [0, 0.05) is 0 Å². The van der Waals surface area contributed by atoms with Crippen LogP contribution in [0.4, 0.5) is 0 Å². The molecule has 0 N–H and O–H groups in total. The zero-order valence-corrected chi connectivity index (χ0v) is 11.8. The van der Waals surface area contributed by atoms with Gasteiger partial charge in [0.1, 0.15) is 5.02 Å². The van der Waals surface area contributed by atoms with Gasteiger partial charge in [-0.1, -0.05) is 44.7 Å². The summed E-state index contributed by atoms with van der Waals surface area (Å²) in [4.78, 5) is 7.74. The zero-order chi connectivity index (χ0) is 12.7. The van der Waals surface area contributed by atoms with Gasteiger partial charge < -0.3 is 4.74 Å². The van der Waals surface area contributed by atoms with Crippen molar-refractivity contribution in [2.24, 2.45) is 5.92 Å². The third-order valence-corrected chi connectivity index (χ3v) is 3.12. The summed E-state index contributed by atoms with van der Waals surface area (Å²) < 4.78 is 5.60. The Kier molecular flexibility index (Phi) is 6.60. The first-order valence-electron chi connectivity index (χ1n) is 5.98. The van der Waals surface area contributed by atoms with E-state index in [0.717, 1.165) is 6.42 Å². The fraction of sp³-hybridized carbons (Fsp3) is 0.667. The van der Waals surface area contributed by atoms with Crippen molar-refractivity contribution in [1.29, 1.82) is 0 Å². The molecule has 0 amide bonds. The molecule has 0 aliphatic heterocycles. The normalized spacial score (nSPS) is 12.5. The highest BCUT2D eigenvalue weighted by molar-refractivity contribution is 6.32. The maximum Gasteiger partial charge on any atom is 0.237 e. The molecule has 96 valence electrons. The predicted molar refractivity (Wildman–Crippen MR) is 70.9 cm³/mol. The summed E-state index contributed by atoms with van der Waals surface area (Å²) >= 11 is 11.6. The van der Waals surface area contributed by atoms with Crippen molar-refractivity contribution >= 4 is 23.2 Å². The first-order chi connectivity index (χ1) is 8.17. The first kappa shape index (κ1) is 14.5. The van der Waals surface area contributed by atoms with E-state index in [2.05, 4.69) is 23.8 Å². The standard InChI is InChI=1S/C12H18Cl2N2O/c1-3-5-6-9(4-2)8-17-11-10(13)7-15-12(14)16-11/h7,9H,3-6,8H2,1-2H3. The minimum Gasteiger partial charge on any atom is -0.476 e. The van der Waals surface area contributed by atoms with Crippen molar-refractivity contribution in [2.75, 3.05) is 6.61 Å². The molecule has 0 aliphatic rings. The number of hydrogen-bond acceptors (Lipinski definition) is 3. The maximum absolute atomic E-state index is 5.92. The quantitative estimate of drug-likeness (QED) is 0.694. The monoisotopic (exact) mass is 276 g/mol. The van der Waals surface area contributed by atoms with Crippen LogP contribution in [0.2, 0.25) is 10.3 Å². The van der Waals surface area contributed by atoms with E-state index in [0.29, 0.717) is 23.4 Å². The molecule has 5 heteroatoms. The van der Waals surface area contributed by atoms with Crippen molar-refractivity contribution in [2.45, 2.75) is 39.5 Å². The summed E-state index contributed by atoms with van der Waals surface area (Å²) in [6.07, 6.45) is 6.15. The van der Waals surface area contributed by atoms with E-state index in [1.807, 2.05) is 0 Å². The molecule has 0 radical (unpaired) electrons. The Labute approximate surface area is 113 Å². The van der Waals surface area contributed by atoms with Gasteiger partial charge in [-0.15, -0.1) is 0 Å². The topological polar surface area (TPSA) is 35.0 Å². The van der Waals surface area contributed by atoms with Gasteiger partial charge in [-0.05, 0) is 23.9 Å². The Morgan fingerprint density at radius 3 is 2.76 bits per heavy atom. The van der Waals surface area contributed by atoms with Crippen molar-refractivity contribution in [3.63, 3.8) is 0 Å². The summed E-state index contributed by atoms with van der Waals surface area (Å²) in [6.45, 7) is 4.98. The fourth-order valence-electron chi connectivity index (χ4n) is 1.53. The van der Waals surface area contributed by atoms with Crippen LogP contribution in [0, 0.1) is 5.92 Å². The third kappa shape index (κ3) is 5.09. The van der Waals surface area contributed by atoms with Gasteiger partial charge >= 0.3 is 0 Å². The van der Waals surface area contributed by atoms with Gasteiger partial charge in [0.2, 0.25) is 11.2 Å². The average Bonchev–Trinajstić information content (AvgIpc) is 2.33. The number of unbranched alkanes of at least 4 members (excludes halogenated alkanes) is 1.